The van der Waals surface area contributed by atoms with Gasteiger partial charge in [-0.25, -0.2) is 8.78 Å². The van der Waals surface area contributed by atoms with E-state index >= 15 is 0 Å². The van der Waals surface area contributed by atoms with E-state index in [2.05, 4.69) is 9.80 Å². The predicted molar refractivity (Wildman–Crippen MR) is 148 cm³/mol. The van der Waals surface area contributed by atoms with Crippen molar-refractivity contribution in [2.75, 3.05) is 40.3 Å². The number of hydrogen-bond acceptors (Lipinski definition) is 5. The molecule has 0 radical (unpaired) electrons. The lowest BCUT2D eigenvalue weighted by molar-refractivity contribution is 0.0567. The summed E-state index contributed by atoms with van der Waals surface area (Å²) in [4.78, 5) is 32.3. The number of carbonyl (C=O) groups excluding carboxylic acids is 2. The van der Waals surface area contributed by atoms with Gasteiger partial charge in [-0.1, -0.05) is 24.3 Å². The SMILES string of the molecule is Cc1c(F)cccc1C1C(C(=O)c2ccc(F)cc2)CN(CCCCN(C)C)CC1C(=O)c1cccc(O)c1. The van der Waals surface area contributed by atoms with Crippen LogP contribution in [0.15, 0.2) is 66.7 Å². The molecule has 0 saturated carbocycles. The number of phenols is 1. The fraction of sp³-hybridized carbons (Fsp3) is 0.375. The van der Waals surface area contributed by atoms with Crippen LogP contribution in [0.1, 0.15) is 50.6 Å². The standard InChI is InChI=1S/C32H36F2N2O3/c1-21-26(10-7-11-29(21)34)30-27(31(38)22-12-14-24(33)15-13-22)19-36(17-5-4-16-35(2)3)20-28(30)32(39)23-8-6-9-25(37)18-23/h6-15,18,27-28,30,37H,4-5,16-17,19-20H2,1-3H3. The Morgan fingerprint density at radius 3 is 2.18 bits per heavy atom. The number of unbranched alkanes of at least 4 members (excludes halogenated alkanes) is 1. The Morgan fingerprint density at radius 2 is 1.54 bits per heavy atom. The molecule has 5 nitrogen and oxygen atoms in total. The molecule has 3 aromatic carbocycles. The molecule has 4 rings (SSSR count). The molecule has 0 aliphatic carbocycles. The van der Waals surface area contributed by atoms with Crippen LogP contribution >= 0.6 is 0 Å². The van der Waals surface area contributed by atoms with Crippen LogP contribution in [-0.2, 0) is 0 Å². The highest BCUT2D eigenvalue weighted by Crippen LogP contribution is 2.42. The van der Waals surface area contributed by atoms with Crippen molar-refractivity contribution in [3.63, 3.8) is 0 Å². The number of likely N-dealkylation sites (tertiary alicyclic amines) is 1. The number of nitrogens with zero attached hydrogens (tertiary/aromatic N) is 2. The van der Waals surface area contributed by atoms with Crippen LogP contribution in [0.4, 0.5) is 8.78 Å². The Balaban J connectivity index is 1.78. The van der Waals surface area contributed by atoms with Crippen molar-refractivity contribution >= 4 is 11.6 Å². The summed E-state index contributed by atoms with van der Waals surface area (Å²) >= 11 is 0. The zero-order chi connectivity index (χ0) is 28.1. The number of piperidine rings is 1. The van der Waals surface area contributed by atoms with E-state index in [-0.39, 0.29) is 17.3 Å². The maximum Gasteiger partial charge on any atom is 0.167 e. The molecule has 206 valence electrons. The van der Waals surface area contributed by atoms with Gasteiger partial charge in [-0.3, -0.25) is 9.59 Å². The molecule has 0 aromatic heterocycles. The first-order valence-electron chi connectivity index (χ1n) is 13.4. The van der Waals surface area contributed by atoms with E-state index in [1.165, 1.54) is 42.5 Å². The molecule has 1 heterocycles. The summed E-state index contributed by atoms with van der Waals surface area (Å²) in [7, 11) is 4.04. The average molecular weight is 535 g/mol. The van der Waals surface area contributed by atoms with Gasteiger partial charge < -0.3 is 14.9 Å². The van der Waals surface area contributed by atoms with Crippen LogP contribution in [-0.4, -0.2) is 66.7 Å². The summed E-state index contributed by atoms with van der Waals surface area (Å²) in [5, 5.41) is 10.1. The highest BCUT2D eigenvalue weighted by atomic mass is 19.1. The summed E-state index contributed by atoms with van der Waals surface area (Å²) in [6.45, 7) is 4.13. The second-order valence-corrected chi connectivity index (χ2v) is 10.7. The molecule has 1 fully saturated rings. The lowest BCUT2D eigenvalue weighted by atomic mass is 9.67. The second kappa shape index (κ2) is 12.6. The third-order valence-electron chi connectivity index (χ3n) is 7.71. The van der Waals surface area contributed by atoms with Crippen LogP contribution in [0.25, 0.3) is 0 Å². The van der Waals surface area contributed by atoms with Crippen molar-refractivity contribution in [2.45, 2.75) is 25.7 Å². The largest absolute Gasteiger partial charge is 0.508 e. The molecular weight excluding hydrogens is 498 g/mol. The smallest absolute Gasteiger partial charge is 0.167 e. The third-order valence-corrected chi connectivity index (χ3v) is 7.71. The van der Waals surface area contributed by atoms with E-state index in [1.807, 2.05) is 14.1 Å². The first-order chi connectivity index (χ1) is 18.7. The number of halogens is 2. The van der Waals surface area contributed by atoms with Gasteiger partial charge in [-0.2, -0.15) is 0 Å². The number of hydrogen-bond donors (Lipinski definition) is 1. The monoisotopic (exact) mass is 534 g/mol. The number of phenolic OH excluding ortho intramolecular Hbond substituents is 1. The molecular formula is C32H36F2N2O3. The van der Waals surface area contributed by atoms with E-state index in [9.17, 15) is 23.5 Å². The van der Waals surface area contributed by atoms with Gasteiger partial charge in [0.05, 0.1) is 0 Å². The first kappa shape index (κ1) is 28.6. The lowest BCUT2D eigenvalue weighted by Gasteiger charge is -2.43. The molecule has 0 spiro atoms. The minimum Gasteiger partial charge on any atom is -0.508 e. The van der Waals surface area contributed by atoms with E-state index in [4.69, 9.17) is 0 Å². The van der Waals surface area contributed by atoms with E-state index < -0.39 is 29.4 Å². The minimum atomic E-state index is -0.649. The molecule has 3 aromatic rings. The van der Waals surface area contributed by atoms with Gasteiger partial charge in [0.25, 0.3) is 0 Å². The van der Waals surface area contributed by atoms with Gasteiger partial charge in [-0.05, 0) is 101 Å². The first-order valence-corrected chi connectivity index (χ1v) is 13.4. The predicted octanol–water partition coefficient (Wildman–Crippen LogP) is 5.72. The summed E-state index contributed by atoms with van der Waals surface area (Å²) < 4.78 is 28.5. The van der Waals surface area contributed by atoms with Gasteiger partial charge in [0, 0.05) is 42.0 Å². The van der Waals surface area contributed by atoms with Gasteiger partial charge in [-0.15, -0.1) is 0 Å². The maximum atomic E-state index is 14.8. The average Bonchev–Trinajstić information content (AvgIpc) is 2.92. The fourth-order valence-corrected chi connectivity index (χ4v) is 5.70. The third kappa shape index (κ3) is 6.78. The molecule has 1 saturated heterocycles. The number of aromatic hydroxyl groups is 1. The van der Waals surface area contributed by atoms with Crippen LogP contribution in [0.5, 0.6) is 5.75 Å². The summed E-state index contributed by atoms with van der Waals surface area (Å²) in [6.07, 6.45) is 1.87. The van der Waals surface area contributed by atoms with E-state index in [0.29, 0.717) is 41.9 Å². The second-order valence-electron chi connectivity index (χ2n) is 10.7. The van der Waals surface area contributed by atoms with Gasteiger partial charge in [0.1, 0.15) is 17.4 Å². The highest BCUT2D eigenvalue weighted by Gasteiger charge is 2.45. The Hall–Kier alpha value is -3.42. The summed E-state index contributed by atoms with van der Waals surface area (Å²) in [5.41, 5.74) is 1.74. The zero-order valence-electron chi connectivity index (χ0n) is 22.7. The fourth-order valence-electron chi connectivity index (χ4n) is 5.70. The van der Waals surface area contributed by atoms with Crippen molar-refractivity contribution in [2.24, 2.45) is 11.8 Å². The van der Waals surface area contributed by atoms with Crippen molar-refractivity contribution in [1.82, 2.24) is 9.80 Å². The Morgan fingerprint density at radius 1 is 0.897 bits per heavy atom. The van der Waals surface area contributed by atoms with Crippen LogP contribution in [0.3, 0.4) is 0 Å². The van der Waals surface area contributed by atoms with E-state index in [1.54, 1.807) is 31.2 Å². The molecule has 0 amide bonds. The van der Waals surface area contributed by atoms with Crippen molar-refractivity contribution < 1.29 is 23.5 Å². The van der Waals surface area contributed by atoms with Crippen LogP contribution in [0.2, 0.25) is 0 Å². The van der Waals surface area contributed by atoms with E-state index in [0.717, 1.165) is 19.4 Å². The van der Waals surface area contributed by atoms with Crippen molar-refractivity contribution in [3.05, 3.63) is 101 Å². The molecule has 1 aliphatic heterocycles. The molecule has 1 aliphatic rings. The molecule has 1 N–H and O–H groups in total. The van der Waals surface area contributed by atoms with Crippen molar-refractivity contribution in [1.29, 1.82) is 0 Å². The Kier molecular flexibility index (Phi) is 9.25. The number of rotatable bonds is 10. The van der Waals surface area contributed by atoms with Gasteiger partial charge in [0.15, 0.2) is 11.6 Å². The topological polar surface area (TPSA) is 60.9 Å². The number of ketones is 2. The van der Waals surface area contributed by atoms with Gasteiger partial charge in [0.2, 0.25) is 0 Å². The Labute approximate surface area is 229 Å². The maximum absolute atomic E-state index is 14.8. The number of Topliss-reactive ketones (excluding diaryl/α,β-unsaturated/α-hetero) is 2. The molecule has 3 unspecified atom stereocenters. The quantitative estimate of drug-likeness (QED) is 0.266. The number of carbonyl (C=O) groups is 2. The van der Waals surface area contributed by atoms with Gasteiger partial charge >= 0.3 is 0 Å². The molecule has 39 heavy (non-hydrogen) atoms. The zero-order valence-corrected chi connectivity index (χ0v) is 22.7. The number of benzene rings is 3. The van der Waals surface area contributed by atoms with Crippen molar-refractivity contribution in [3.8, 4) is 5.75 Å². The molecule has 0 bridgehead atoms. The highest BCUT2D eigenvalue weighted by molar-refractivity contribution is 6.02. The Bertz CT molecular complexity index is 1310. The normalized spacial score (nSPS) is 19.8. The molecule has 7 heteroatoms. The minimum absolute atomic E-state index is 0.0189. The lowest BCUT2D eigenvalue weighted by Crippen LogP contribution is -2.50. The van der Waals surface area contributed by atoms with Crippen LogP contribution < -0.4 is 0 Å². The summed E-state index contributed by atoms with van der Waals surface area (Å²) in [6, 6.07) is 16.4. The van der Waals surface area contributed by atoms with Crippen LogP contribution in [0, 0.1) is 30.4 Å². The summed E-state index contributed by atoms with van der Waals surface area (Å²) in [5.74, 6) is -3.14. The molecule has 3 atom stereocenters.